The van der Waals surface area contributed by atoms with E-state index in [-0.39, 0.29) is 0 Å². The number of hydrogen-bond donors (Lipinski definition) is 0. The van der Waals surface area contributed by atoms with Crippen LogP contribution in [0.2, 0.25) is 0 Å². The zero-order valence-electron chi connectivity index (χ0n) is 15.5. The predicted octanol–water partition coefficient (Wildman–Crippen LogP) is 4.89. The maximum Gasteiger partial charge on any atom is 0.177 e. The summed E-state index contributed by atoms with van der Waals surface area (Å²) in [7, 11) is 0. The minimum absolute atomic E-state index is 0.488. The Labute approximate surface area is 181 Å². The second kappa shape index (κ2) is 7.89. The van der Waals surface area contributed by atoms with Gasteiger partial charge in [0.15, 0.2) is 23.1 Å². The third-order valence-electron chi connectivity index (χ3n) is 5.67. The van der Waals surface area contributed by atoms with Gasteiger partial charge < -0.3 is 14.4 Å². The zero-order chi connectivity index (χ0) is 19.1. The van der Waals surface area contributed by atoms with E-state index >= 15 is 0 Å². The summed E-state index contributed by atoms with van der Waals surface area (Å²) < 4.78 is 13.5. The number of hydrogen-bond acceptors (Lipinski definition) is 6. The van der Waals surface area contributed by atoms with E-state index in [0.29, 0.717) is 12.1 Å². The second-order valence-corrected chi connectivity index (χ2v) is 9.44. The Hall–Kier alpha value is -1.22. The molecule has 0 saturated carbocycles. The molecule has 2 aromatic heterocycles. The van der Waals surface area contributed by atoms with Crippen LogP contribution in [0.15, 0.2) is 33.5 Å². The van der Waals surface area contributed by atoms with E-state index in [1.54, 1.807) is 0 Å². The number of rotatable bonds is 6. The molecular formula is C20H22Br2N4O2. The second-order valence-electron chi connectivity index (χ2n) is 7.60. The third kappa shape index (κ3) is 3.67. The lowest BCUT2D eigenvalue weighted by atomic mass is 10.2. The van der Waals surface area contributed by atoms with Crippen molar-refractivity contribution in [1.82, 2.24) is 14.9 Å². The molecule has 2 saturated heterocycles. The number of nitrogens with zero attached hydrogens (tertiary/aromatic N) is 4. The normalized spacial score (nSPS) is 22.9. The van der Waals surface area contributed by atoms with Crippen LogP contribution >= 0.6 is 31.9 Å². The van der Waals surface area contributed by atoms with Gasteiger partial charge in [0.05, 0.1) is 12.7 Å². The highest BCUT2D eigenvalue weighted by molar-refractivity contribution is 9.10. The number of morpholine rings is 1. The van der Waals surface area contributed by atoms with Gasteiger partial charge in [0.2, 0.25) is 0 Å². The number of likely N-dealkylation sites (tertiary alicyclic amines) is 1. The summed E-state index contributed by atoms with van der Waals surface area (Å²) in [6.45, 7) is 4.10. The average Bonchev–Trinajstić information content (AvgIpc) is 3.30. The number of anilines is 2. The van der Waals surface area contributed by atoms with Gasteiger partial charge in [-0.1, -0.05) is 6.42 Å². The van der Waals surface area contributed by atoms with Crippen molar-refractivity contribution < 1.29 is 9.47 Å². The molecule has 28 heavy (non-hydrogen) atoms. The lowest BCUT2D eigenvalue weighted by Crippen LogP contribution is -2.37. The number of unbranched alkanes of at least 4 members (excludes halogenated alkanes) is 2. The van der Waals surface area contributed by atoms with Crippen LogP contribution in [0.25, 0.3) is 0 Å². The molecule has 2 fully saturated rings. The lowest BCUT2D eigenvalue weighted by molar-refractivity contribution is 0.0300. The van der Waals surface area contributed by atoms with Crippen LogP contribution < -0.4 is 9.64 Å². The Morgan fingerprint density at radius 1 is 0.964 bits per heavy atom. The molecule has 2 bridgehead atoms. The number of halogens is 2. The molecule has 5 heterocycles. The summed E-state index contributed by atoms with van der Waals surface area (Å²) in [6.07, 6.45) is 8.82. The summed E-state index contributed by atoms with van der Waals surface area (Å²) in [4.78, 5) is 14.0. The molecule has 0 aromatic carbocycles. The topological polar surface area (TPSA) is 50.7 Å². The molecular weight excluding hydrogens is 488 g/mol. The van der Waals surface area contributed by atoms with Crippen LogP contribution in [0.4, 0.5) is 11.6 Å². The third-order valence-corrected chi connectivity index (χ3v) is 6.54. The maximum atomic E-state index is 6.05. The van der Waals surface area contributed by atoms with Gasteiger partial charge in [-0.2, -0.15) is 0 Å². The minimum atomic E-state index is 0.488. The molecule has 5 rings (SSSR count). The van der Waals surface area contributed by atoms with Crippen LogP contribution in [0.1, 0.15) is 25.7 Å². The first-order valence-electron chi connectivity index (χ1n) is 9.79. The van der Waals surface area contributed by atoms with Crippen LogP contribution in [-0.4, -0.2) is 53.3 Å². The highest BCUT2D eigenvalue weighted by atomic mass is 79.9. The first kappa shape index (κ1) is 18.8. The number of pyridine rings is 2. The minimum Gasteiger partial charge on any atom is -0.449 e. The molecule has 148 valence electrons. The first-order valence-corrected chi connectivity index (χ1v) is 11.4. The Morgan fingerprint density at radius 2 is 1.64 bits per heavy atom. The van der Waals surface area contributed by atoms with Gasteiger partial charge in [-0.05, 0) is 57.7 Å². The fraction of sp³-hybridized carbons (Fsp3) is 0.500. The predicted molar refractivity (Wildman–Crippen MR) is 115 cm³/mol. The van der Waals surface area contributed by atoms with E-state index in [0.717, 1.165) is 58.2 Å². The molecule has 0 unspecified atom stereocenters. The van der Waals surface area contributed by atoms with E-state index < -0.39 is 0 Å². The average molecular weight is 510 g/mol. The number of ether oxygens (including phenoxy) is 2. The van der Waals surface area contributed by atoms with Crippen molar-refractivity contribution in [2.45, 2.75) is 37.8 Å². The Kier molecular flexibility index (Phi) is 5.30. The maximum absolute atomic E-state index is 6.05. The van der Waals surface area contributed by atoms with Crippen molar-refractivity contribution in [3.8, 4) is 11.5 Å². The van der Waals surface area contributed by atoms with Gasteiger partial charge in [0.25, 0.3) is 0 Å². The van der Waals surface area contributed by atoms with Crippen LogP contribution in [0, 0.1) is 0 Å². The van der Waals surface area contributed by atoms with E-state index in [9.17, 15) is 0 Å². The summed E-state index contributed by atoms with van der Waals surface area (Å²) in [5.41, 5.74) is 0. The van der Waals surface area contributed by atoms with E-state index in [1.165, 1.54) is 25.8 Å². The van der Waals surface area contributed by atoms with Crippen molar-refractivity contribution in [3.05, 3.63) is 33.5 Å². The van der Waals surface area contributed by atoms with Crippen LogP contribution in [0.5, 0.6) is 11.5 Å². The highest BCUT2D eigenvalue weighted by Gasteiger charge is 2.38. The van der Waals surface area contributed by atoms with Crippen molar-refractivity contribution in [2.75, 3.05) is 31.1 Å². The molecule has 0 spiro atoms. The van der Waals surface area contributed by atoms with Gasteiger partial charge in [-0.25, -0.2) is 9.97 Å². The first-order chi connectivity index (χ1) is 13.7. The van der Waals surface area contributed by atoms with Gasteiger partial charge in [0.1, 0.15) is 0 Å². The Balaban J connectivity index is 1.23. The molecule has 2 aromatic rings. The molecule has 0 amide bonds. The summed E-state index contributed by atoms with van der Waals surface area (Å²) in [5, 5.41) is 0. The van der Waals surface area contributed by atoms with Crippen molar-refractivity contribution in [2.24, 2.45) is 0 Å². The zero-order valence-corrected chi connectivity index (χ0v) is 18.7. The highest BCUT2D eigenvalue weighted by Crippen LogP contribution is 2.45. The Bertz CT molecular complexity index is 830. The van der Waals surface area contributed by atoms with Crippen molar-refractivity contribution in [3.63, 3.8) is 0 Å². The quantitative estimate of drug-likeness (QED) is 0.517. The largest absolute Gasteiger partial charge is 0.449 e. The molecule has 0 aliphatic carbocycles. The summed E-state index contributed by atoms with van der Waals surface area (Å²) in [6, 6.07) is 4.58. The molecule has 3 aliphatic heterocycles. The molecule has 2 atom stereocenters. The van der Waals surface area contributed by atoms with Gasteiger partial charge in [-0.3, -0.25) is 4.90 Å². The molecule has 3 aliphatic rings. The number of aromatic nitrogens is 2. The summed E-state index contributed by atoms with van der Waals surface area (Å²) in [5.74, 6) is 3.18. The fourth-order valence-corrected chi connectivity index (χ4v) is 4.95. The molecule has 0 radical (unpaired) electrons. The SMILES string of the molecule is Brc1cnc2c(c1)Oc1cc(Br)cnc1N2CCCCCN1C[C@@H]2C[C@H]1CO2. The van der Waals surface area contributed by atoms with Crippen LogP contribution in [-0.2, 0) is 4.74 Å². The monoisotopic (exact) mass is 508 g/mol. The van der Waals surface area contributed by atoms with Crippen molar-refractivity contribution >= 4 is 43.5 Å². The summed E-state index contributed by atoms with van der Waals surface area (Å²) >= 11 is 6.97. The van der Waals surface area contributed by atoms with E-state index in [4.69, 9.17) is 9.47 Å². The standard InChI is InChI=1S/C20H22Br2N4O2/c21-13-6-17-19(23-9-13)26(20-18(28-17)7-14(22)10-24-20)5-3-1-2-4-25-11-16-8-15(25)12-27-16/h6-7,9-10,15-16H,1-5,8,11-12H2/t15-,16-/m0/s1. The fourth-order valence-electron chi connectivity index (χ4n) is 4.33. The molecule has 6 nitrogen and oxygen atoms in total. The number of fused-ring (bicyclic) bond motifs is 4. The molecule has 8 heteroatoms. The van der Waals surface area contributed by atoms with Gasteiger partial charge in [0, 0.05) is 52.6 Å². The molecule has 0 N–H and O–H groups in total. The Morgan fingerprint density at radius 3 is 2.25 bits per heavy atom. The van der Waals surface area contributed by atoms with Gasteiger partial charge >= 0.3 is 0 Å². The van der Waals surface area contributed by atoms with Crippen molar-refractivity contribution in [1.29, 1.82) is 0 Å². The van der Waals surface area contributed by atoms with Crippen LogP contribution in [0.3, 0.4) is 0 Å². The van der Waals surface area contributed by atoms with E-state index in [1.807, 2.05) is 24.5 Å². The smallest absolute Gasteiger partial charge is 0.177 e. The lowest BCUT2D eigenvalue weighted by Gasteiger charge is -2.31. The van der Waals surface area contributed by atoms with E-state index in [2.05, 4.69) is 51.6 Å². The van der Waals surface area contributed by atoms with Gasteiger partial charge in [-0.15, -0.1) is 0 Å².